The van der Waals surface area contributed by atoms with Gasteiger partial charge in [-0.25, -0.2) is 9.78 Å². The second kappa shape index (κ2) is 5.22. The third-order valence-electron chi connectivity index (χ3n) is 2.51. The summed E-state index contributed by atoms with van der Waals surface area (Å²) in [5.41, 5.74) is 0.868. The molecule has 0 atom stereocenters. The standard InChI is InChI=1S/C13H7BrClN3O2/c14-8-1-2-12-17-11(7-18(12)6-8)13(19)20-10-3-9(15)4-16-5-10/h1-7H. The monoisotopic (exact) mass is 351 g/mol. The normalized spacial score (nSPS) is 10.7. The van der Waals surface area contributed by atoms with Crippen molar-refractivity contribution in [1.82, 2.24) is 14.4 Å². The first-order chi connectivity index (χ1) is 9.61. The van der Waals surface area contributed by atoms with Crippen LogP contribution in [0.2, 0.25) is 5.02 Å². The van der Waals surface area contributed by atoms with Gasteiger partial charge in [0.25, 0.3) is 0 Å². The van der Waals surface area contributed by atoms with Crippen LogP contribution in [0, 0.1) is 0 Å². The molecule has 3 aromatic heterocycles. The van der Waals surface area contributed by atoms with Gasteiger partial charge in [-0.2, -0.15) is 0 Å². The quantitative estimate of drug-likeness (QED) is 0.664. The number of halogens is 2. The van der Waals surface area contributed by atoms with E-state index in [9.17, 15) is 4.79 Å². The molecular formula is C13H7BrClN3O2. The summed E-state index contributed by atoms with van der Waals surface area (Å²) in [6, 6.07) is 5.15. The smallest absolute Gasteiger partial charge is 0.364 e. The molecular weight excluding hydrogens is 346 g/mol. The molecule has 0 N–H and O–H groups in total. The van der Waals surface area contributed by atoms with Crippen molar-refractivity contribution in [2.24, 2.45) is 0 Å². The molecule has 0 aliphatic rings. The van der Waals surface area contributed by atoms with Crippen molar-refractivity contribution in [1.29, 1.82) is 0 Å². The topological polar surface area (TPSA) is 56.5 Å². The van der Waals surface area contributed by atoms with Gasteiger partial charge in [0.2, 0.25) is 0 Å². The minimum Gasteiger partial charge on any atom is -0.420 e. The summed E-state index contributed by atoms with van der Waals surface area (Å²) in [6.07, 6.45) is 6.28. The zero-order valence-corrected chi connectivity index (χ0v) is 12.3. The van der Waals surface area contributed by atoms with Crippen LogP contribution in [0.25, 0.3) is 5.65 Å². The van der Waals surface area contributed by atoms with E-state index in [0.29, 0.717) is 10.7 Å². The molecule has 5 nitrogen and oxygen atoms in total. The fourth-order valence-corrected chi connectivity index (χ4v) is 2.19. The Morgan fingerprint density at radius 2 is 2.15 bits per heavy atom. The molecule has 3 aromatic rings. The summed E-state index contributed by atoms with van der Waals surface area (Å²) in [7, 11) is 0. The van der Waals surface area contributed by atoms with E-state index in [1.165, 1.54) is 18.5 Å². The van der Waals surface area contributed by atoms with E-state index in [1.54, 1.807) is 22.9 Å². The highest BCUT2D eigenvalue weighted by atomic mass is 79.9. The van der Waals surface area contributed by atoms with Crippen molar-refractivity contribution in [3.05, 3.63) is 58.2 Å². The number of nitrogens with zero attached hydrogens (tertiary/aromatic N) is 3. The van der Waals surface area contributed by atoms with Crippen molar-refractivity contribution in [3.63, 3.8) is 0 Å². The lowest BCUT2D eigenvalue weighted by Gasteiger charge is -2.01. The molecule has 7 heteroatoms. The molecule has 0 fully saturated rings. The number of aromatic nitrogens is 3. The Bertz CT molecular complexity index is 803. The fourth-order valence-electron chi connectivity index (χ4n) is 1.67. The number of esters is 1. The molecule has 0 radical (unpaired) electrons. The number of hydrogen-bond acceptors (Lipinski definition) is 4. The van der Waals surface area contributed by atoms with Crippen molar-refractivity contribution in [3.8, 4) is 5.75 Å². The summed E-state index contributed by atoms with van der Waals surface area (Å²) in [5, 5.41) is 0.397. The Morgan fingerprint density at radius 1 is 1.30 bits per heavy atom. The lowest BCUT2D eigenvalue weighted by atomic mass is 10.4. The number of carbonyl (C=O) groups excluding carboxylic acids is 1. The predicted molar refractivity (Wildman–Crippen MR) is 77.1 cm³/mol. The van der Waals surface area contributed by atoms with Crippen LogP contribution < -0.4 is 4.74 Å². The molecule has 0 saturated heterocycles. The number of carbonyl (C=O) groups is 1. The number of rotatable bonds is 2. The Morgan fingerprint density at radius 3 is 2.95 bits per heavy atom. The number of imidazole rings is 1. The number of hydrogen-bond donors (Lipinski definition) is 0. The van der Waals surface area contributed by atoms with Gasteiger partial charge in [0.15, 0.2) is 11.4 Å². The Kier molecular flexibility index (Phi) is 3.42. The van der Waals surface area contributed by atoms with E-state index >= 15 is 0 Å². The number of ether oxygens (including phenoxy) is 1. The summed E-state index contributed by atoms with van der Waals surface area (Å²) < 4.78 is 7.79. The summed E-state index contributed by atoms with van der Waals surface area (Å²) in [4.78, 5) is 20.0. The lowest BCUT2D eigenvalue weighted by molar-refractivity contribution is 0.0728. The molecule has 0 bridgehead atoms. The second-order valence-electron chi connectivity index (χ2n) is 3.97. The molecule has 0 unspecified atom stereocenters. The third-order valence-corrected chi connectivity index (χ3v) is 3.19. The molecule has 0 aliphatic heterocycles. The minimum absolute atomic E-state index is 0.211. The van der Waals surface area contributed by atoms with Gasteiger partial charge >= 0.3 is 5.97 Å². The largest absolute Gasteiger partial charge is 0.420 e. The van der Waals surface area contributed by atoms with Gasteiger partial charge in [0.1, 0.15) is 5.65 Å². The molecule has 20 heavy (non-hydrogen) atoms. The highest BCUT2D eigenvalue weighted by Gasteiger charge is 2.13. The van der Waals surface area contributed by atoms with Gasteiger partial charge in [-0.1, -0.05) is 11.6 Å². The molecule has 100 valence electrons. The molecule has 0 saturated carbocycles. The first kappa shape index (κ1) is 13.1. The fraction of sp³-hybridized carbons (Fsp3) is 0. The first-order valence-corrected chi connectivity index (χ1v) is 6.76. The van der Waals surface area contributed by atoms with Gasteiger partial charge in [-0.05, 0) is 28.1 Å². The van der Waals surface area contributed by atoms with Crippen molar-refractivity contribution < 1.29 is 9.53 Å². The van der Waals surface area contributed by atoms with E-state index in [0.717, 1.165) is 4.47 Å². The van der Waals surface area contributed by atoms with E-state index in [4.69, 9.17) is 16.3 Å². The van der Waals surface area contributed by atoms with Crippen LogP contribution in [-0.2, 0) is 0 Å². The van der Waals surface area contributed by atoms with Gasteiger partial charge in [-0.15, -0.1) is 0 Å². The maximum Gasteiger partial charge on any atom is 0.364 e. The first-order valence-electron chi connectivity index (χ1n) is 5.59. The van der Waals surface area contributed by atoms with Crippen LogP contribution in [0.5, 0.6) is 5.75 Å². The van der Waals surface area contributed by atoms with E-state index in [2.05, 4.69) is 25.9 Å². The van der Waals surface area contributed by atoms with Crippen molar-refractivity contribution in [2.45, 2.75) is 0 Å². The lowest BCUT2D eigenvalue weighted by Crippen LogP contribution is -2.08. The van der Waals surface area contributed by atoms with Crippen LogP contribution in [0.1, 0.15) is 10.5 Å². The third kappa shape index (κ3) is 2.66. The van der Waals surface area contributed by atoms with Gasteiger partial charge < -0.3 is 9.14 Å². The molecule has 3 rings (SSSR count). The summed E-state index contributed by atoms with van der Waals surface area (Å²) in [6.45, 7) is 0. The average molecular weight is 353 g/mol. The molecule has 0 amide bonds. The van der Waals surface area contributed by atoms with E-state index in [-0.39, 0.29) is 11.4 Å². The highest BCUT2D eigenvalue weighted by Crippen LogP contribution is 2.17. The minimum atomic E-state index is -0.561. The van der Waals surface area contributed by atoms with Crippen LogP contribution >= 0.6 is 27.5 Å². The van der Waals surface area contributed by atoms with Gasteiger partial charge in [-0.3, -0.25) is 4.98 Å². The Labute approximate surface area is 127 Å². The zero-order valence-electron chi connectivity index (χ0n) is 9.96. The average Bonchev–Trinajstić information content (AvgIpc) is 2.81. The Balaban J connectivity index is 1.88. The summed E-state index contributed by atoms with van der Waals surface area (Å²) >= 11 is 9.13. The SMILES string of the molecule is O=C(Oc1cncc(Cl)c1)c1cn2cc(Br)ccc2n1. The van der Waals surface area contributed by atoms with Crippen LogP contribution in [-0.4, -0.2) is 20.3 Å². The second-order valence-corrected chi connectivity index (χ2v) is 5.32. The molecule has 0 aromatic carbocycles. The molecule has 0 aliphatic carbocycles. The predicted octanol–water partition coefficient (Wildman–Crippen LogP) is 3.36. The van der Waals surface area contributed by atoms with Crippen LogP contribution in [0.3, 0.4) is 0 Å². The molecule has 3 heterocycles. The van der Waals surface area contributed by atoms with Crippen molar-refractivity contribution >= 4 is 39.1 Å². The van der Waals surface area contributed by atoms with Crippen LogP contribution in [0.4, 0.5) is 0 Å². The number of pyridine rings is 2. The van der Waals surface area contributed by atoms with E-state index in [1.807, 2.05) is 6.07 Å². The number of fused-ring (bicyclic) bond motifs is 1. The maximum atomic E-state index is 12.0. The van der Waals surface area contributed by atoms with Crippen LogP contribution in [0.15, 0.2) is 47.5 Å². The van der Waals surface area contributed by atoms with E-state index < -0.39 is 5.97 Å². The zero-order chi connectivity index (χ0) is 14.1. The maximum absolute atomic E-state index is 12.0. The molecule has 0 spiro atoms. The Hall–Kier alpha value is -1.92. The summed E-state index contributed by atoms with van der Waals surface area (Å²) in [5.74, 6) is -0.283. The van der Waals surface area contributed by atoms with Crippen molar-refractivity contribution in [2.75, 3.05) is 0 Å². The highest BCUT2D eigenvalue weighted by molar-refractivity contribution is 9.10. The van der Waals surface area contributed by atoms with Gasteiger partial charge in [0.05, 0.1) is 11.2 Å². The van der Waals surface area contributed by atoms with Gasteiger partial charge in [0, 0.05) is 29.1 Å².